The zero-order valence-corrected chi connectivity index (χ0v) is 7.55. The van der Waals surface area contributed by atoms with Crippen molar-refractivity contribution in [2.45, 2.75) is 25.7 Å². The smallest absolute Gasteiger partial charge is 0.0200 e. The van der Waals surface area contributed by atoms with Crippen LogP contribution in [0.1, 0.15) is 25.7 Å². The highest BCUT2D eigenvalue weighted by Crippen LogP contribution is 2.29. The molecule has 0 atom stereocenters. The van der Waals surface area contributed by atoms with Crippen LogP contribution in [0.15, 0.2) is 10.6 Å². The highest BCUT2D eigenvalue weighted by atomic mass is 32.2. The highest BCUT2D eigenvalue weighted by molar-refractivity contribution is 8.02. The van der Waals surface area contributed by atoms with E-state index in [-0.39, 0.29) is 0 Å². The monoisotopic (exact) mass is 157 g/mol. The van der Waals surface area contributed by atoms with Gasteiger partial charge in [-0.25, -0.2) is 0 Å². The van der Waals surface area contributed by atoms with Crippen LogP contribution in [0.2, 0.25) is 0 Å². The fourth-order valence-corrected chi connectivity index (χ4v) is 2.17. The van der Waals surface area contributed by atoms with Crippen molar-refractivity contribution in [3.05, 3.63) is 10.6 Å². The fraction of sp³-hybridized carbons (Fsp3) is 0.750. The molecular formula is C8H15NS. The number of thioether (sulfide) groups is 1. The van der Waals surface area contributed by atoms with Crippen LogP contribution < -0.4 is 5.32 Å². The summed E-state index contributed by atoms with van der Waals surface area (Å²) in [6.07, 6.45) is 7.45. The van der Waals surface area contributed by atoms with E-state index < -0.39 is 0 Å². The first-order valence-electron chi connectivity index (χ1n) is 3.82. The molecule has 0 aliphatic heterocycles. The SMILES string of the molecule is CNC1=C(SC)CCCC1. The Morgan fingerprint density at radius 3 is 2.50 bits per heavy atom. The molecule has 58 valence electrons. The van der Waals surface area contributed by atoms with Gasteiger partial charge in [0, 0.05) is 17.6 Å². The number of rotatable bonds is 2. The molecule has 2 heteroatoms. The third kappa shape index (κ3) is 1.69. The molecule has 0 unspecified atom stereocenters. The number of allylic oxidation sites excluding steroid dienone is 2. The molecule has 0 heterocycles. The van der Waals surface area contributed by atoms with Crippen molar-refractivity contribution in [2.24, 2.45) is 0 Å². The van der Waals surface area contributed by atoms with E-state index in [1.165, 1.54) is 31.4 Å². The molecule has 0 aromatic carbocycles. The van der Waals surface area contributed by atoms with Crippen LogP contribution in [-0.2, 0) is 0 Å². The van der Waals surface area contributed by atoms with E-state index in [1.807, 2.05) is 18.8 Å². The van der Waals surface area contributed by atoms with Gasteiger partial charge in [0.05, 0.1) is 0 Å². The van der Waals surface area contributed by atoms with Gasteiger partial charge in [0.25, 0.3) is 0 Å². The average Bonchev–Trinajstić information content (AvgIpc) is 2.04. The van der Waals surface area contributed by atoms with Crippen molar-refractivity contribution >= 4 is 11.8 Å². The molecule has 1 rings (SSSR count). The third-order valence-corrected chi connectivity index (χ3v) is 2.91. The Kier molecular flexibility index (Phi) is 3.13. The summed E-state index contributed by atoms with van der Waals surface area (Å²) in [5.41, 5.74) is 1.47. The first-order chi connectivity index (χ1) is 4.88. The fourth-order valence-electron chi connectivity index (χ4n) is 1.37. The maximum atomic E-state index is 3.26. The molecule has 1 aliphatic carbocycles. The molecule has 0 amide bonds. The third-order valence-electron chi connectivity index (χ3n) is 1.97. The van der Waals surface area contributed by atoms with Gasteiger partial charge in [-0.2, -0.15) is 0 Å². The summed E-state index contributed by atoms with van der Waals surface area (Å²) in [4.78, 5) is 1.56. The first kappa shape index (κ1) is 7.99. The van der Waals surface area contributed by atoms with E-state index in [1.54, 1.807) is 4.91 Å². The van der Waals surface area contributed by atoms with E-state index in [9.17, 15) is 0 Å². The summed E-state index contributed by atoms with van der Waals surface area (Å²) < 4.78 is 0. The summed E-state index contributed by atoms with van der Waals surface area (Å²) in [5.74, 6) is 0. The van der Waals surface area contributed by atoms with Crippen LogP contribution in [-0.4, -0.2) is 13.3 Å². The van der Waals surface area contributed by atoms with Gasteiger partial charge in [0.1, 0.15) is 0 Å². The van der Waals surface area contributed by atoms with Gasteiger partial charge in [0.15, 0.2) is 0 Å². The second-order valence-electron chi connectivity index (χ2n) is 2.56. The highest BCUT2D eigenvalue weighted by Gasteiger charge is 2.09. The maximum absolute atomic E-state index is 3.26. The number of hydrogen-bond acceptors (Lipinski definition) is 2. The molecule has 1 aliphatic rings. The predicted octanol–water partition coefficient (Wildman–Crippen LogP) is 2.35. The molecule has 1 N–H and O–H groups in total. The lowest BCUT2D eigenvalue weighted by molar-refractivity contribution is 0.660. The van der Waals surface area contributed by atoms with Gasteiger partial charge in [-0.05, 0) is 31.9 Å². The zero-order chi connectivity index (χ0) is 7.40. The van der Waals surface area contributed by atoms with Gasteiger partial charge in [0.2, 0.25) is 0 Å². The standard InChI is InChI=1S/C8H15NS/c1-9-7-5-3-4-6-8(7)10-2/h9H,3-6H2,1-2H3. The second kappa shape index (κ2) is 3.91. The van der Waals surface area contributed by atoms with E-state index in [4.69, 9.17) is 0 Å². The van der Waals surface area contributed by atoms with E-state index in [0.29, 0.717) is 0 Å². The lowest BCUT2D eigenvalue weighted by atomic mass is 10.0. The van der Waals surface area contributed by atoms with Crippen molar-refractivity contribution in [1.82, 2.24) is 5.32 Å². The minimum Gasteiger partial charge on any atom is -0.391 e. The van der Waals surface area contributed by atoms with E-state index in [0.717, 1.165) is 0 Å². The Balaban J connectivity index is 2.63. The Labute approximate surface area is 67.3 Å². The molecule has 0 aromatic rings. The second-order valence-corrected chi connectivity index (χ2v) is 3.46. The van der Waals surface area contributed by atoms with Crippen molar-refractivity contribution in [3.8, 4) is 0 Å². The predicted molar refractivity (Wildman–Crippen MR) is 48.1 cm³/mol. The first-order valence-corrected chi connectivity index (χ1v) is 5.04. The van der Waals surface area contributed by atoms with Gasteiger partial charge < -0.3 is 5.32 Å². The van der Waals surface area contributed by atoms with Crippen molar-refractivity contribution in [2.75, 3.05) is 13.3 Å². The summed E-state index contributed by atoms with van der Waals surface area (Å²) in [5, 5.41) is 3.26. The molecule has 10 heavy (non-hydrogen) atoms. The van der Waals surface area contributed by atoms with Crippen molar-refractivity contribution in [3.63, 3.8) is 0 Å². The van der Waals surface area contributed by atoms with Crippen LogP contribution in [0.5, 0.6) is 0 Å². The molecule has 0 spiro atoms. The lowest BCUT2D eigenvalue weighted by Gasteiger charge is -2.17. The van der Waals surface area contributed by atoms with E-state index >= 15 is 0 Å². The molecule has 0 saturated heterocycles. The van der Waals surface area contributed by atoms with Crippen LogP contribution >= 0.6 is 11.8 Å². The average molecular weight is 157 g/mol. The Bertz CT molecular complexity index is 124. The Hall–Kier alpha value is -0.110. The quantitative estimate of drug-likeness (QED) is 0.660. The van der Waals surface area contributed by atoms with Crippen LogP contribution in [0.25, 0.3) is 0 Å². The van der Waals surface area contributed by atoms with Gasteiger partial charge in [-0.3, -0.25) is 0 Å². The van der Waals surface area contributed by atoms with Gasteiger partial charge in [-0.1, -0.05) is 0 Å². The largest absolute Gasteiger partial charge is 0.391 e. The molecule has 1 nitrogen and oxygen atoms in total. The molecule has 0 fully saturated rings. The van der Waals surface area contributed by atoms with Crippen LogP contribution in [0.3, 0.4) is 0 Å². The van der Waals surface area contributed by atoms with E-state index in [2.05, 4.69) is 11.6 Å². The summed E-state index contributed by atoms with van der Waals surface area (Å²) >= 11 is 1.90. The molecule has 0 aromatic heterocycles. The molecule has 0 radical (unpaired) electrons. The topological polar surface area (TPSA) is 12.0 Å². The zero-order valence-electron chi connectivity index (χ0n) is 6.74. The minimum absolute atomic E-state index is 1.26. The Morgan fingerprint density at radius 2 is 2.00 bits per heavy atom. The van der Waals surface area contributed by atoms with Crippen molar-refractivity contribution in [1.29, 1.82) is 0 Å². The molecular weight excluding hydrogens is 142 g/mol. The van der Waals surface area contributed by atoms with Crippen LogP contribution in [0.4, 0.5) is 0 Å². The van der Waals surface area contributed by atoms with Crippen LogP contribution in [0, 0.1) is 0 Å². The molecule has 0 saturated carbocycles. The van der Waals surface area contributed by atoms with Gasteiger partial charge in [-0.15, -0.1) is 11.8 Å². The molecule has 0 bridgehead atoms. The minimum atomic E-state index is 1.26. The number of nitrogens with one attached hydrogen (secondary N) is 1. The van der Waals surface area contributed by atoms with Gasteiger partial charge >= 0.3 is 0 Å². The normalized spacial score (nSPS) is 19.4. The Morgan fingerprint density at radius 1 is 1.30 bits per heavy atom. The van der Waals surface area contributed by atoms with Crippen molar-refractivity contribution < 1.29 is 0 Å². The summed E-state index contributed by atoms with van der Waals surface area (Å²) in [6, 6.07) is 0. The summed E-state index contributed by atoms with van der Waals surface area (Å²) in [7, 11) is 2.02. The maximum Gasteiger partial charge on any atom is 0.0200 e. The number of hydrogen-bond donors (Lipinski definition) is 1. The summed E-state index contributed by atoms with van der Waals surface area (Å²) in [6.45, 7) is 0. The lowest BCUT2D eigenvalue weighted by Crippen LogP contribution is -2.11.